The molecule has 6 heteroatoms. The van der Waals surface area contributed by atoms with Crippen LogP contribution in [0.3, 0.4) is 0 Å². The highest BCUT2D eigenvalue weighted by molar-refractivity contribution is 5.88. The van der Waals surface area contributed by atoms with Crippen LogP contribution in [-0.2, 0) is 24.2 Å². The average molecular weight is 323 g/mol. The smallest absolute Gasteiger partial charge is 0.224 e. The Morgan fingerprint density at radius 2 is 2.21 bits per heavy atom. The number of aromatic amines is 1. The van der Waals surface area contributed by atoms with E-state index >= 15 is 0 Å². The van der Waals surface area contributed by atoms with Crippen molar-refractivity contribution in [2.75, 3.05) is 0 Å². The van der Waals surface area contributed by atoms with Gasteiger partial charge >= 0.3 is 0 Å². The highest BCUT2D eigenvalue weighted by atomic mass is 16.1. The molecule has 4 rings (SSSR count). The fraction of sp³-hybridized carbons (Fsp3) is 0.389. The molecule has 1 aliphatic rings. The number of H-pyrrole nitrogens is 1. The minimum Gasteiger partial charge on any atom is -0.361 e. The number of amides is 1. The second-order valence-corrected chi connectivity index (χ2v) is 6.44. The third kappa shape index (κ3) is 2.79. The number of hydrogen-bond acceptors (Lipinski definition) is 3. The normalized spacial score (nSPS) is 17.5. The Kier molecular flexibility index (Phi) is 3.80. The lowest BCUT2D eigenvalue weighted by atomic mass is 10.1. The zero-order valence-electron chi connectivity index (χ0n) is 13.7. The minimum atomic E-state index is 0.0825. The zero-order valence-corrected chi connectivity index (χ0v) is 13.7. The summed E-state index contributed by atoms with van der Waals surface area (Å²) in [5, 5.41) is 12.7. The Morgan fingerprint density at radius 1 is 1.33 bits per heavy atom. The minimum absolute atomic E-state index is 0.0825. The molecule has 1 unspecified atom stereocenters. The van der Waals surface area contributed by atoms with E-state index in [0.717, 1.165) is 53.9 Å². The molecule has 0 saturated carbocycles. The summed E-state index contributed by atoms with van der Waals surface area (Å²) < 4.78 is 2.16. The second-order valence-electron chi connectivity index (χ2n) is 6.44. The lowest BCUT2D eigenvalue weighted by Crippen LogP contribution is -2.36. The van der Waals surface area contributed by atoms with Crippen molar-refractivity contribution in [3.63, 3.8) is 0 Å². The Labute approximate surface area is 140 Å². The summed E-state index contributed by atoms with van der Waals surface area (Å²) in [5.74, 6) is 2.07. The van der Waals surface area contributed by atoms with Crippen LogP contribution in [0.15, 0.2) is 30.5 Å². The van der Waals surface area contributed by atoms with Crippen LogP contribution in [0, 0.1) is 6.92 Å². The van der Waals surface area contributed by atoms with E-state index in [2.05, 4.69) is 31.1 Å². The zero-order chi connectivity index (χ0) is 16.5. The maximum Gasteiger partial charge on any atom is 0.224 e. The van der Waals surface area contributed by atoms with Gasteiger partial charge in [0.05, 0.1) is 6.42 Å². The van der Waals surface area contributed by atoms with Crippen LogP contribution < -0.4 is 5.32 Å². The van der Waals surface area contributed by atoms with Crippen LogP contribution in [-0.4, -0.2) is 31.7 Å². The van der Waals surface area contributed by atoms with Crippen LogP contribution >= 0.6 is 0 Å². The van der Waals surface area contributed by atoms with Gasteiger partial charge in [-0.3, -0.25) is 4.79 Å². The number of carbonyl (C=O) groups excluding carboxylic acids is 1. The molecule has 2 N–H and O–H groups in total. The summed E-state index contributed by atoms with van der Waals surface area (Å²) in [6.07, 6.45) is 5.04. The molecule has 0 spiro atoms. The molecule has 1 atom stereocenters. The molecule has 0 radical (unpaired) electrons. The van der Waals surface area contributed by atoms with Crippen molar-refractivity contribution in [3.8, 4) is 0 Å². The third-order valence-corrected chi connectivity index (χ3v) is 4.82. The number of fused-ring (bicyclic) bond motifs is 2. The van der Waals surface area contributed by atoms with Gasteiger partial charge in [0.15, 0.2) is 0 Å². The molecule has 0 bridgehead atoms. The fourth-order valence-electron chi connectivity index (χ4n) is 3.51. The maximum atomic E-state index is 12.5. The molecule has 0 fully saturated rings. The van der Waals surface area contributed by atoms with E-state index < -0.39 is 0 Å². The number of aryl methyl sites for hydroxylation is 2. The lowest BCUT2D eigenvalue weighted by Gasteiger charge is -2.16. The summed E-state index contributed by atoms with van der Waals surface area (Å²) in [7, 11) is 0. The quantitative estimate of drug-likeness (QED) is 0.775. The molecule has 24 heavy (non-hydrogen) atoms. The molecular formula is C18H21N5O. The van der Waals surface area contributed by atoms with Gasteiger partial charge in [0.1, 0.15) is 11.6 Å². The maximum absolute atomic E-state index is 12.5. The molecule has 0 aliphatic carbocycles. The highest BCUT2D eigenvalue weighted by Crippen LogP contribution is 2.19. The second kappa shape index (κ2) is 6.11. The summed E-state index contributed by atoms with van der Waals surface area (Å²) in [6, 6.07) is 8.27. The van der Waals surface area contributed by atoms with Gasteiger partial charge in [-0.2, -0.15) is 0 Å². The van der Waals surface area contributed by atoms with Crippen molar-refractivity contribution in [1.82, 2.24) is 25.1 Å². The summed E-state index contributed by atoms with van der Waals surface area (Å²) in [5.41, 5.74) is 2.12. The van der Waals surface area contributed by atoms with Crippen LogP contribution in [0.5, 0.6) is 0 Å². The van der Waals surface area contributed by atoms with Crippen molar-refractivity contribution in [1.29, 1.82) is 0 Å². The van der Waals surface area contributed by atoms with Crippen LogP contribution in [0.2, 0.25) is 0 Å². The number of nitrogens with zero attached hydrogens (tertiary/aromatic N) is 3. The number of para-hydroxylation sites is 1. The third-order valence-electron chi connectivity index (χ3n) is 4.82. The van der Waals surface area contributed by atoms with Crippen molar-refractivity contribution in [2.24, 2.45) is 0 Å². The number of benzene rings is 1. The van der Waals surface area contributed by atoms with Crippen molar-refractivity contribution in [2.45, 2.75) is 45.2 Å². The van der Waals surface area contributed by atoms with Crippen LogP contribution in [0.1, 0.15) is 30.1 Å². The summed E-state index contributed by atoms with van der Waals surface area (Å²) >= 11 is 0. The molecule has 6 nitrogen and oxygen atoms in total. The van der Waals surface area contributed by atoms with E-state index in [-0.39, 0.29) is 11.9 Å². The number of carbonyl (C=O) groups is 1. The molecule has 3 aromatic rings. The van der Waals surface area contributed by atoms with E-state index in [1.54, 1.807) is 0 Å². The van der Waals surface area contributed by atoms with Crippen LogP contribution in [0.4, 0.5) is 0 Å². The molecule has 0 saturated heterocycles. The Hall–Kier alpha value is -2.63. The molecule has 124 valence electrons. The first-order valence-corrected chi connectivity index (χ1v) is 8.44. The molecule has 3 heterocycles. The van der Waals surface area contributed by atoms with E-state index in [4.69, 9.17) is 0 Å². The lowest BCUT2D eigenvalue weighted by molar-refractivity contribution is -0.121. The van der Waals surface area contributed by atoms with E-state index in [1.807, 2.05) is 31.3 Å². The summed E-state index contributed by atoms with van der Waals surface area (Å²) in [4.78, 5) is 15.7. The van der Waals surface area contributed by atoms with Gasteiger partial charge in [-0.05, 0) is 31.4 Å². The SMILES string of the molecule is Cc1nnc2n1CCC(NC(=O)Cc1c[nH]c3ccccc13)CC2. The Bertz CT molecular complexity index is 879. The van der Waals surface area contributed by atoms with E-state index in [0.29, 0.717) is 6.42 Å². The first-order valence-electron chi connectivity index (χ1n) is 8.44. The number of nitrogens with one attached hydrogen (secondary N) is 2. The topological polar surface area (TPSA) is 75.6 Å². The molecule has 2 aromatic heterocycles. The number of hydrogen-bond donors (Lipinski definition) is 2. The Balaban J connectivity index is 1.40. The summed E-state index contributed by atoms with van der Waals surface area (Å²) in [6.45, 7) is 2.85. The van der Waals surface area contributed by atoms with Gasteiger partial charge < -0.3 is 14.9 Å². The predicted octanol–water partition coefficient (Wildman–Crippen LogP) is 2.13. The monoisotopic (exact) mass is 323 g/mol. The standard InChI is InChI=1S/C18H21N5O/c1-12-21-22-17-7-6-14(8-9-23(12)17)20-18(24)10-13-11-19-16-5-3-2-4-15(13)16/h2-5,11,14,19H,6-10H2,1H3,(H,20,24). The van der Waals surface area contributed by atoms with Gasteiger partial charge in [0.2, 0.25) is 5.91 Å². The number of rotatable bonds is 3. The molecule has 1 aromatic carbocycles. The van der Waals surface area contributed by atoms with Gasteiger partial charge in [0.25, 0.3) is 0 Å². The molecular weight excluding hydrogens is 302 g/mol. The van der Waals surface area contributed by atoms with Gasteiger partial charge in [-0.25, -0.2) is 0 Å². The first kappa shape index (κ1) is 14.9. The largest absolute Gasteiger partial charge is 0.361 e. The molecule has 1 amide bonds. The van der Waals surface area contributed by atoms with Gasteiger partial charge in [-0.1, -0.05) is 18.2 Å². The van der Waals surface area contributed by atoms with Crippen molar-refractivity contribution < 1.29 is 4.79 Å². The van der Waals surface area contributed by atoms with Crippen LogP contribution in [0.25, 0.3) is 10.9 Å². The first-order chi connectivity index (χ1) is 11.7. The fourth-order valence-corrected chi connectivity index (χ4v) is 3.51. The Morgan fingerprint density at radius 3 is 3.12 bits per heavy atom. The number of aromatic nitrogens is 4. The van der Waals surface area contributed by atoms with E-state index in [1.165, 1.54) is 0 Å². The predicted molar refractivity (Wildman–Crippen MR) is 91.6 cm³/mol. The highest BCUT2D eigenvalue weighted by Gasteiger charge is 2.20. The van der Waals surface area contributed by atoms with Crippen molar-refractivity contribution >= 4 is 16.8 Å². The van der Waals surface area contributed by atoms with Crippen molar-refractivity contribution in [3.05, 3.63) is 47.7 Å². The van der Waals surface area contributed by atoms with Gasteiger partial charge in [-0.15, -0.1) is 10.2 Å². The average Bonchev–Trinajstić information content (AvgIpc) is 3.07. The van der Waals surface area contributed by atoms with Gasteiger partial charge in [0, 0.05) is 36.1 Å². The van der Waals surface area contributed by atoms with E-state index in [9.17, 15) is 4.79 Å². The molecule has 1 aliphatic heterocycles.